The second kappa shape index (κ2) is 8.51. The number of rotatable bonds is 5. The fourth-order valence-corrected chi connectivity index (χ4v) is 3.87. The maximum atomic E-state index is 13.9. The summed E-state index contributed by atoms with van der Waals surface area (Å²) in [6.07, 6.45) is 1.34. The van der Waals surface area contributed by atoms with Crippen molar-refractivity contribution < 1.29 is 9.13 Å². The summed E-state index contributed by atoms with van der Waals surface area (Å²) in [5, 5.41) is 13.2. The van der Waals surface area contributed by atoms with Crippen LogP contribution in [0.2, 0.25) is 5.02 Å². The number of pyridine rings is 1. The average molecular weight is 445 g/mol. The van der Waals surface area contributed by atoms with Crippen LogP contribution in [0.4, 0.5) is 4.39 Å². The molecule has 2 unspecified atom stereocenters. The molecule has 1 saturated heterocycles. The van der Waals surface area contributed by atoms with Gasteiger partial charge in [-0.3, -0.25) is 4.90 Å². The van der Waals surface area contributed by atoms with Gasteiger partial charge in [-0.15, -0.1) is 10.2 Å². The van der Waals surface area contributed by atoms with Crippen LogP contribution < -0.4 is 4.74 Å². The molecule has 0 spiro atoms. The number of aromatic nitrogens is 5. The van der Waals surface area contributed by atoms with Gasteiger partial charge in [-0.05, 0) is 68.2 Å². The van der Waals surface area contributed by atoms with Gasteiger partial charge in [0.05, 0.1) is 11.6 Å². The molecule has 4 rings (SSSR count). The summed E-state index contributed by atoms with van der Waals surface area (Å²) in [4.78, 5) is 8.05. The SMILES string of the molecule is CC1CN(C(C)(C)C)CC1Cn1nnc(-c2ccc(Oc3ncc(Cl)cc3F)cc2)n1. The molecule has 1 aromatic carbocycles. The highest BCUT2D eigenvalue weighted by atomic mass is 35.5. The van der Waals surface area contributed by atoms with Crippen LogP contribution in [0, 0.1) is 17.7 Å². The molecule has 31 heavy (non-hydrogen) atoms. The van der Waals surface area contributed by atoms with Crippen molar-refractivity contribution in [1.82, 2.24) is 30.1 Å². The first-order valence-electron chi connectivity index (χ1n) is 10.3. The van der Waals surface area contributed by atoms with Crippen molar-refractivity contribution in [2.24, 2.45) is 11.8 Å². The lowest BCUT2D eigenvalue weighted by Gasteiger charge is -2.31. The first-order valence-corrected chi connectivity index (χ1v) is 10.7. The second-order valence-corrected chi connectivity index (χ2v) is 9.48. The molecule has 0 radical (unpaired) electrons. The second-order valence-electron chi connectivity index (χ2n) is 9.05. The normalized spacial score (nSPS) is 19.7. The molecule has 0 aliphatic carbocycles. The number of ether oxygens (including phenoxy) is 1. The molecule has 3 aromatic rings. The van der Waals surface area contributed by atoms with Crippen LogP contribution in [0.1, 0.15) is 27.7 Å². The zero-order chi connectivity index (χ0) is 22.2. The average Bonchev–Trinajstić information content (AvgIpc) is 3.32. The molecule has 7 nitrogen and oxygen atoms in total. The molecule has 164 valence electrons. The first kappa shape index (κ1) is 21.6. The zero-order valence-corrected chi connectivity index (χ0v) is 18.8. The Balaban J connectivity index is 1.41. The third-order valence-electron chi connectivity index (χ3n) is 5.67. The fraction of sp³-hybridized carbons (Fsp3) is 0.455. The van der Waals surface area contributed by atoms with Gasteiger partial charge in [0.2, 0.25) is 5.82 Å². The van der Waals surface area contributed by atoms with E-state index < -0.39 is 5.82 Å². The lowest BCUT2D eigenvalue weighted by Crippen LogP contribution is -2.39. The molecular weight excluding hydrogens is 419 g/mol. The smallest absolute Gasteiger partial charge is 0.255 e. The van der Waals surface area contributed by atoms with E-state index in [9.17, 15) is 4.39 Å². The van der Waals surface area contributed by atoms with Crippen molar-refractivity contribution in [2.45, 2.75) is 39.8 Å². The predicted molar refractivity (Wildman–Crippen MR) is 117 cm³/mol. The molecule has 9 heteroatoms. The Labute approximate surface area is 186 Å². The Kier molecular flexibility index (Phi) is 5.94. The molecular formula is C22H26ClFN6O. The van der Waals surface area contributed by atoms with E-state index >= 15 is 0 Å². The number of tetrazole rings is 1. The molecule has 1 fully saturated rings. The highest BCUT2D eigenvalue weighted by molar-refractivity contribution is 6.30. The number of likely N-dealkylation sites (tertiary alicyclic amines) is 1. The fourth-order valence-electron chi connectivity index (χ4n) is 3.73. The van der Waals surface area contributed by atoms with Crippen molar-refractivity contribution in [3.8, 4) is 23.0 Å². The van der Waals surface area contributed by atoms with Crippen LogP contribution in [-0.4, -0.2) is 48.7 Å². The summed E-state index contributed by atoms with van der Waals surface area (Å²) >= 11 is 5.72. The molecule has 2 aromatic heterocycles. The monoisotopic (exact) mass is 444 g/mol. The van der Waals surface area contributed by atoms with Crippen LogP contribution in [0.25, 0.3) is 11.4 Å². The highest BCUT2D eigenvalue weighted by Crippen LogP contribution is 2.30. The lowest BCUT2D eigenvalue weighted by atomic mass is 9.99. The van der Waals surface area contributed by atoms with E-state index in [1.54, 1.807) is 16.9 Å². The molecule has 0 saturated carbocycles. The van der Waals surface area contributed by atoms with E-state index in [2.05, 4.69) is 53.0 Å². The maximum absolute atomic E-state index is 13.9. The van der Waals surface area contributed by atoms with E-state index in [1.165, 1.54) is 6.20 Å². The van der Waals surface area contributed by atoms with Gasteiger partial charge in [0.25, 0.3) is 5.88 Å². The molecule has 0 amide bonds. The molecule has 3 heterocycles. The third kappa shape index (κ3) is 5.02. The van der Waals surface area contributed by atoms with E-state index in [1.807, 2.05) is 12.1 Å². The van der Waals surface area contributed by atoms with Gasteiger partial charge < -0.3 is 4.74 Å². The van der Waals surface area contributed by atoms with E-state index in [4.69, 9.17) is 16.3 Å². The standard InChI is InChI=1S/C22H26ClFN6O/c1-14-11-29(22(2,3)4)12-16(14)13-30-27-20(26-28-30)15-5-7-18(8-6-15)31-21-19(24)9-17(23)10-25-21/h5-10,14,16H,11-13H2,1-4H3. The highest BCUT2D eigenvalue weighted by Gasteiger charge is 2.35. The van der Waals surface area contributed by atoms with Gasteiger partial charge >= 0.3 is 0 Å². The van der Waals surface area contributed by atoms with Crippen LogP contribution >= 0.6 is 11.6 Å². The van der Waals surface area contributed by atoms with E-state index in [0.717, 1.165) is 31.3 Å². The van der Waals surface area contributed by atoms with Crippen LogP contribution in [0.5, 0.6) is 11.6 Å². The minimum absolute atomic E-state index is 0.129. The van der Waals surface area contributed by atoms with Crippen molar-refractivity contribution in [3.63, 3.8) is 0 Å². The Morgan fingerprint density at radius 2 is 1.94 bits per heavy atom. The van der Waals surface area contributed by atoms with Crippen LogP contribution in [0.3, 0.4) is 0 Å². The van der Waals surface area contributed by atoms with Crippen LogP contribution in [-0.2, 0) is 6.54 Å². The van der Waals surface area contributed by atoms with Crippen molar-refractivity contribution in [1.29, 1.82) is 0 Å². The topological polar surface area (TPSA) is 69.0 Å². The van der Waals surface area contributed by atoms with E-state index in [-0.39, 0.29) is 16.4 Å². The van der Waals surface area contributed by atoms with Gasteiger partial charge in [-0.2, -0.15) is 4.80 Å². The van der Waals surface area contributed by atoms with Gasteiger partial charge in [0.15, 0.2) is 5.82 Å². The molecule has 1 aliphatic rings. The number of benzene rings is 1. The Morgan fingerprint density at radius 3 is 2.58 bits per heavy atom. The third-order valence-corrected chi connectivity index (χ3v) is 5.88. The van der Waals surface area contributed by atoms with Gasteiger partial charge in [-0.1, -0.05) is 18.5 Å². The van der Waals surface area contributed by atoms with Gasteiger partial charge in [0, 0.05) is 30.4 Å². The summed E-state index contributed by atoms with van der Waals surface area (Å²) in [5.74, 6) is 1.31. The minimum Gasteiger partial charge on any atom is -0.436 e. The number of hydrogen-bond acceptors (Lipinski definition) is 6. The van der Waals surface area contributed by atoms with Gasteiger partial charge in [0.1, 0.15) is 5.75 Å². The minimum atomic E-state index is -0.618. The molecule has 1 aliphatic heterocycles. The summed E-state index contributed by atoms with van der Waals surface area (Å²) < 4.78 is 19.3. The number of halogens is 2. The Hall–Kier alpha value is -2.58. The predicted octanol–water partition coefficient (Wildman–Crippen LogP) is 4.69. The molecule has 0 bridgehead atoms. The summed E-state index contributed by atoms with van der Waals surface area (Å²) in [6.45, 7) is 11.9. The van der Waals surface area contributed by atoms with Crippen LogP contribution in [0.15, 0.2) is 36.5 Å². The first-order chi connectivity index (χ1) is 14.7. The Morgan fingerprint density at radius 1 is 1.19 bits per heavy atom. The number of nitrogens with zero attached hydrogens (tertiary/aromatic N) is 6. The maximum Gasteiger partial charge on any atom is 0.255 e. The molecule has 2 atom stereocenters. The largest absolute Gasteiger partial charge is 0.436 e. The van der Waals surface area contributed by atoms with E-state index in [0.29, 0.717) is 23.4 Å². The number of hydrogen-bond donors (Lipinski definition) is 0. The van der Waals surface area contributed by atoms with Crippen molar-refractivity contribution >= 4 is 11.6 Å². The van der Waals surface area contributed by atoms with Gasteiger partial charge in [-0.25, -0.2) is 9.37 Å². The summed E-state index contributed by atoms with van der Waals surface area (Å²) in [5.41, 5.74) is 0.969. The van der Waals surface area contributed by atoms with Crippen molar-refractivity contribution in [2.75, 3.05) is 13.1 Å². The lowest BCUT2D eigenvalue weighted by molar-refractivity contribution is 0.163. The summed E-state index contributed by atoms with van der Waals surface area (Å²) in [7, 11) is 0. The quantitative estimate of drug-likeness (QED) is 0.568. The Bertz CT molecular complexity index is 1050. The zero-order valence-electron chi connectivity index (χ0n) is 18.1. The molecule has 0 N–H and O–H groups in total. The summed E-state index contributed by atoms with van der Waals surface area (Å²) in [6, 6.07) is 8.21. The van der Waals surface area contributed by atoms with Crippen molar-refractivity contribution in [3.05, 3.63) is 47.4 Å².